The van der Waals surface area contributed by atoms with Crippen LogP contribution in [0.4, 0.5) is 4.20 Å². The highest BCUT2D eigenvalue weighted by molar-refractivity contribution is 8.76. The molecule has 3 aromatic carbocycles. The molecule has 2 heterocycles. The molecule has 1 fully saturated rings. The van der Waals surface area contributed by atoms with E-state index in [-0.39, 0.29) is 18.6 Å². The molecule has 0 N–H and O–H groups in total. The van der Waals surface area contributed by atoms with Crippen molar-refractivity contribution >= 4 is 30.7 Å². The lowest BCUT2D eigenvalue weighted by molar-refractivity contribution is -0.276. The van der Waals surface area contributed by atoms with E-state index in [0.29, 0.717) is 11.5 Å². The molecule has 5 rings (SSSR count). The molecule has 1 saturated heterocycles. The van der Waals surface area contributed by atoms with Gasteiger partial charge in [-0.05, 0) is 63.5 Å². The van der Waals surface area contributed by atoms with Gasteiger partial charge in [0.2, 0.25) is 0 Å². The van der Waals surface area contributed by atoms with Crippen molar-refractivity contribution in [2.24, 2.45) is 0 Å². The highest BCUT2D eigenvalue weighted by atomic mass is 33.1. The smallest absolute Gasteiger partial charge is 0.349 e. The number of aromatic nitrogens is 2. The van der Waals surface area contributed by atoms with Crippen LogP contribution >= 0.6 is 18.5 Å². The first-order valence-electron chi connectivity index (χ1n) is 13.7. The molecular weight excluding hydrogens is 626 g/mol. The monoisotopic (exact) mass is 657 g/mol. The van der Waals surface area contributed by atoms with Gasteiger partial charge in [-0.15, -0.1) is 0 Å². The van der Waals surface area contributed by atoms with Crippen LogP contribution in [0.15, 0.2) is 89.9 Å². The molecule has 0 saturated carbocycles. The molecule has 1 aliphatic heterocycles. The standard InChI is InChI=1S/C31H32FN2O7PS2/c1-20-18-34(30(36)33-29(20)35)28-17-26(41-42(32,43)44)27(40-28)19-39-31(21-7-5-4-6-8-21,22-9-13-24(37-2)14-10-22)23-11-15-25(38-3)16-12-23/h4-16,18,26-28H,17,19H2,1-3H3,(H,43,44)(H,33,35,36)/p-1/t26-,27+,28+/m0/s1. The molecular formula is C31H31FN2O7PS2-. The summed E-state index contributed by atoms with van der Waals surface area (Å²) in [5, 5.41) is 11.9. The number of rotatable bonds is 11. The number of hydrogen-bond donors (Lipinski definition) is 1. The van der Waals surface area contributed by atoms with Crippen LogP contribution in [0.5, 0.6) is 17.4 Å². The van der Waals surface area contributed by atoms with E-state index in [4.69, 9.17) is 35.7 Å². The number of halogens is 1. The number of nitrogens with zero attached hydrogens (tertiary/aromatic N) is 2. The predicted molar refractivity (Wildman–Crippen MR) is 169 cm³/mol. The van der Waals surface area contributed by atoms with Gasteiger partial charge in [0.05, 0.1) is 20.8 Å². The fourth-order valence-corrected chi connectivity index (χ4v) is 6.59. The Hall–Kier alpha value is -3.12. The third kappa shape index (κ3) is 6.91. The van der Waals surface area contributed by atoms with Crippen molar-refractivity contribution in [2.45, 2.75) is 37.4 Å². The molecule has 1 aliphatic rings. The number of thiol groups is 1. The Labute approximate surface area is 265 Å². The van der Waals surface area contributed by atoms with Crippen LogP contribution in [0.2, 0.25) is 0 Å². The maximum atomic E-state index is 14.7. The molecule has 44 heavy (non-hydrogen) atoms. The fraction of sp³-hybridized carbons (Fsp3) is 0.290. The van der Waals surface area contributed by atoms with E-state index in [1.807, 2.05) is 78.9 Å². The second-order valence-electron chi connectivity index (χ2n) is 10.2. The van der Waals surface area contributed by atoms with E-state index in [0.717, 1.165) is 16.7 Å². The summed E-state index contributed by atoms with van der Waals surface area (Å²) in [6.45, 7) is 1.44. The number of aryl methyl sites for hydroxylation is 1. The molecule has 4 aromatic rings. The van der Waals surface area contributed by atoms with Crippen molar-refractivity contribution in [1.29, 1.82) is 0 Å². The average Bonchev–Trinajstić information content (AvgIpc) is 3.41. The molecule has 0 aliphatic carbocycles. The lowest BCUT2D eigenvalue weighted by Gasteiger charge is -2.37. The van der Waals surface area contributed by atoms with Crippen LogP contribution < -0.4 is 20.3 Å². The number of ether oxygens (including phenoxy) is 4. The molecule has 1 aromatic heterocycles. The molecule has 0 amide bonds. The van der Waals surface area contributed by atoms with Gasteiger partial charge >= 0.3 is 5.69 Å². The Kier molecular flexibility index (Phi) is 9.89. The minimum Gasteiger partial charge on any atom is -0.858 e. The van der Waals surface area contributed by atoms with Crippen LogP contribution in [0.25, 0.3) is 0 Å². The van der Waals surface area contributed by atoms with Crippen molar-refractivity contribution in [3.05, 3.63) is 118 Å². The minimum absolute atomic E-state index is 0.0551. The van der Waals surface area contributed by atoms with Gasteiger partial charge in [-0.3, -0.25) is 4.57 Å². The van der Waals surface area contributed by atoms with Gasteiger partial charge in [0, 0.05) is 24.9 Å². The molecule has 13 heteroatoms. The second-order valence-corrected chi connectivity index (χ2v) is 15.1. The normalized spacial score (nSPS) is 19.8. The van der Waals surface area contributed by atoms with Crippen LogP contribution in [-0.4, -0.2) is 42.6 Å². The highest BCUT2D eigenvalue weighted by Gasteiger charge is 2.46. The quantitative estimate of drug-likeness (QED) is 0.0977. The summed E-state index contributed by atoms with van der Waals surface area (Å²) in [6, 6.07) is 24.7. The summed E-state index contributed by atoms with van der Waals surface area (Å²) in [5.41, 5.74) is 0.683. The molecule has 232 valence electrons. The van der Waals surface area contributed by atoms with Crippen molar-refractivity contribution in [3.8, 4) is 17.4 Å². The second kappa shape index (κ2) is 13.5. The van der Waals surface area contributed by atoms with Crippen LogP contribution in [0, 0.1) is 6.92 Å². The Bertz CT molecular complexity index is 1570. The largest absolute Gasteiger partial charge is 0.858 e. The summed E-state index contributed by atoms with van der Waals surface area (Å²) >= 11 is 8.74. The van der Waals surface area contributed by atoms with E-state index in [2.05, 4.69) is 17.2 Å². The first-order chi connectivity index (χ1) is 21.0. The van der Waals surface area contributed by atoms with Gasteiger partial charge in [0.1, 0.15) is 35.5 Å². The minimum atomic E-state index is -3.94. The third-order valence-corrected chi connectivity index (χ3v) is 8.55. The molecule has 0 radical (unpaired) electrons. The van der Waals surface area contributed by atoms with E-state index < -0.39 is 41.8 Å². The van der Waals surface area contributed by atoms with E-state index in [9.17, 15) is 14.1 Å². The van der Waals surface area contributed by atoms with Gasteiger partial charge in [-0.25, -0.2) is 14.3 Å². The van der Waals surface area contributed by atoms with Crippen molar-refractivity contribution in [2.75, 3.05) is 20.8 Å². The maximum absolute atomic E-state index is 14.7. The SMILES string of the molecule is COc1ccc(C(OC[C@H]2O[C@@H](n3cc(C)c([O-])nc3=O)C[C@@H]2O[P+](F)([S-])S)(c2ccccc2)c2ccc(OC)cc2)cc1. The molecule has 0 spiro atoms. The topological polar surface area (TPSA) is 104 Å². The summed E-state index contributed by atoms with van der Waals surface area (Å²) in [7, 11) is 3.18. The van der Waals surface area contributed by atoms with Crippen molar-refractivity contribution in [1.82, 2.24) is 9.55 Å². The zero-order chi connectivity index (χ0) is 31.5. The zero-order valence-corrected chi connectivity index (χ0v) is 26.8. The summed E-state index contributed by atoms with van der Waals surface area (Å²) < 4.78 is 45.5. The molecule has 9 nitrogen and oxygen atoms in total. The first-order valence-corrected chi connectivity index (χ1v) is 17.4. The van der Waals surface area contributed by atoms with Crippen LogP contribution in [0.1, 0.15) is 34.9 Å². The van der Waals surface area contributed by atoms with Gasteiger partial charge < -0.3 is 36.3 Å². The molecule has 4 atom stereocenters. The Morgan fingerprint density at radius 1 is 1.02 bits per heavy atom. The van der Waals surface area contributed by atoms with E-state index in [1.54, 1.807) is 21.1 Å². The Morgan fingerprint density at radius 3 is 2.09 bits per heavy atom. The molecule has 1 unspecified atom stereocenters. The van der Waals surface area contributed by atoms with Gasteiger partial charge in [-0.2, -0.15) is 0 Å². The highest BCUT2D eigenvalue weighted by Crippen LogP contribution is 2.66. The number of benzene rings is 3. The van der Waals surface area contributed by atoms with Gasteiger partial charge in [0.15, 0.2) is 0 Å². The number of hydrogen-bond acceptors (Lipinski definition) is 10. The van der Waals surface area contributed by atoms with Crippen LogP contribution in [-0.2, 0) is 31.8 Å². The lowest BCUT2D eigenvalue weighted by Crippen LogP contribution is -2.38. The Balaban J connectivity index is 1.58. The maximum Gasteiger partial charge on any atom is 0.349 e. The Morgan fingerprint density at radius 2 is 1.57 bits per heavy atom. The molecule has 0 bridgehead atoms. The van der Waals surface area contributed by atoms with Crippen LogP contribution in [0.3, 0.4) is 0 Å². The third-order valence-electron chi connectivity index (χ3n) is 7.48. The van der Waals surface area contributed by atoms with Gasteiger partial charge in [0.25, 0.3) is 6.20 Å². The number of methoxy groups -OCH3 is 2. The van der Waals surface area contributed by atoms with Crippen molar-refractivity contribution in [3.63, 3.8) is 0 Å². The lowest BCUT2D eigenvalue weighted by atomic mass is 9.80. The average molecular weight is 658 g/mol. The summed E-state index contributed by atoms with van der Waals surface area (Å²) in [4.78, 5) is 16.2. The van der Waals surface area contributed by atoms with Gasteiger partial charge in [-0.1, -0.05) is 54.6 Å². The summed E-state index contributed by atoms with van der Waals surface area (Å²) in [5.74, 6) is 0.710. The van der Waals surface area contributed by atoms with E-state index in [1.165, 1.54) is 10.8 Å². The van der Waals surface area contributed by atoms with E-state index >= 15 is 0 Å². The van der Waals surface area contributed by atoms with Crippen molar-refractivity contribution < 1.29 is 32.8 Å². The fourth-order valence-electron chi connectivity index (χ4n) is 5.34. The first kappa shape index (κ1) is 32.3. The predicted octanol–water partition coefficient (Wildman–Crippen LogP) is 5.45. The zero-order valence-electron chi connectivity index (χ0n) is 24.2. The summed E-state index contributed by atoms with van der Waals surface area (Å²) in [6.07, 6.45) is -5.20.